The predicted octanol–water partition coefficient (Wildman–Crippen LogP) is 4.18. The van der Waals surface area contributed by atoms with Crippen molar-refractivity contribution >= 4 is 29.2 Å². The van der Waals surface area contributed by atoms with Crippen LogP contribution < -0.4 is 14.4 Å². The Kier molecular flexibility index (Phi) is 8.48. The number of anilines is 1. The Morgan fingerprint density at radius 1 is 1.18 bits per heavy atom. The van der Waals surface area contributed by atoms with E-state index in [2.05, 4.69) is 4.98 Å². The van der Waals surface area contributed by atoms with Crippen LogP contribution in [-0.4, -0.2) is 65.1 Å². The molecule has 1 amide bonds. The molecule has 2 N–H and O–H groups in total. The van der Waals surface area contributed by atoms with Gasteiger partial charge in [-0.1, -0.05) is 37.6 Å². The van der Waals surface area contributed by atoms with Gasteiger partial charge in [0.25, 0.3) is 5.91 Å². The lowest BCUT2D eigenvalue weighted by molar-refractivity contribution is -0.133. The maximum atomic E-state index is 14.1. The molecule has 0 spiro atoms. The van der Waals surface area contributed by atoms with Crippen molar-refractivity contribution in [3.8, 4) is 11.5 Å². The summed E-state index contributed by atoms with van der Waals surface area (Å²) in [6, 6.07) is 10.6. The summed E-state index contributed by atoms with van der Waals surface area (Å²) in [7, 11) is 3.07. The molecule has 1 aliphatic heterocycles. The molecule has 2 atom stereocenters. The summed E-state index contributed by atoms with van der Waals surface area (Å²) in [5, 5.41) is 20.0. The number of rotatable bonds is 10. The third kappa shape index (κ3) is 5.88. The number of hydrogen-bond acceptors (Lipinski definition) is 7. The number of imidazole rings is 1. The lowest BCUT2D eigenvalue weighted by Gasteiger charge is -2.32. The lowest BCUT2D eigenvalue weighted by atomic mass is 9.92. The number of fused-ring (bicyclic) bond motifs is 1. The first kappa shape index (κ1) is 28.4. The molecule has 0 bridgehead atoms. The molecule has 208 valence electrons. The van der Waals surface area contributed by atoms with Crippen molar-refractivity contribution in [2.45, 2.75) is 39.0 Å². The normalized spacial score (nSPS) is 17.5. The number of hydrogen-bond donors (Lipinski definition) is 2. The molecule has 0 saturated heterocycles. The number of halogens is 1. The van der Waals surface area contributed by atoms with Gasteiger partial charge in [0.2, 0.25) is 0 Å². The molecule has 11 heteroatoms. The second-order valence-corrected chi connectivity index (χ2v) is 10.5. The van der Waals surface area contributed by atoms with E-state index in [0.717, 1.165) is 0 Å². The van der Waals surface area contributed by atoms with Crippen LogP contribution in [0.3, 0.4) is 0 Å². The van der Waals surface area contributed by atoms with Crippen LogP contribution in [0, 0.1) is 5.41 Å². The highest BCUT2D eigenvalue weighted by Gasteiger charge is 2.39. The van der Waals surface area contributed by atoms with E-state index in [4.69, 9.17) is 25.8 Å². The van der Waals surface area contributed by atoms with Gasteiger partial charge in [0, 0.05) is 53.4 Å². The minimum atomic E-state index is -1.12. The van der Waals surface area contributed by atoms with Gasteiger partial charge in [0.15, 0.2) is 11.5 Å². The number of benzene rings is 2. The summed E-state index contributed by atoms with van der Waals surface area (Å²) < 4.78 is 19.3. The first-order valence-electron chi connectivity index (χ1n) is 12.4. The van der Waals surface area contributed by atoms with E-state index in [1.165, 1.54) is 31.3 Å². The highest BCUT2D eigenvalue weighted by atomic mass is 35.5. The second kappa shape index (κ2) is 11.6. The molecular weight excluding hydrogens is 526 g/mol. The Balaban J connectivity index is 1.85. The number of aryl methyl sites for hydroxylation is 1. The highest BCUT2D eigenvalue weighted by molar-refractivity contribution is 6.30. The Morgan fingerprint density at radius 3 is 2.62 bits per heavy atom. The number of carboxylic acid groups (broad SMARTS) is 1. The quantitative estimate of drug-likeness (QED) is 0.380. The Labute approximate surface area is 231 Å². The smallest absolute Gasteiger partial charge is 0.354 e. The largest absolute Gasteiger partial charge is 0.493 e. The van der Waals surface area contributed by atoms with Gasteiger partial charge < -0.3 is 33.9 Å². The van der Waals surface area contributed by atoms with E-state index >= 15 is 0 Å². The first-order valence-corrected chi connectivity index (χ1v) is 12.8. The molecule has 1 aromatic heterocycles. The van der Waals surface area contributed by atoms with Gasteiger partial charge in [0.1, 0.15) is 17.9 Å². The van der Waals surface area contributed by atoms with Gasteiger partial charge in [-0.2, -0.15) is 0 Å². The van der Waals surface area contributed by atoms with E-state index < -0.39 is 23.6 Å². The van der Waals surface area contributed by atoms with Crippen molar-refractivity contribution in [3.63, 3.8) is 0 Å². The van der Waals surface area contributed by atoms with Gasteiger partial charge in [0.05, 0.1) is 26.7 Å². The van der Waals surface area contributed by atoms with Crippen LogP contribution in [0.5, 0.6) is 11.5 Å². The van der Waals surface area contributed by atoms with E-state index in [0.29, 0.717) is 33.3 Å². The third-order valence-corrected chi connectivity index (χ3v) is 6.93. The predicted molar refractivity (Wildman–Crippen MR) is 145 cm³/mol. The number of aliphatic hydroxyl groups is 1. The number of para-hydroxylation sites is 1. The average Bonchev–Trinajstić information content (AvgIpc) is 3.37. The van der Waals surface area contributed by atoms with Crippen LogP contribution in [0.15, 0.2) is 48.9 Å². The van der Waals surface area contributed by atoms with E-state index in [-0.39, 0.29) is 37.7 Å². The molecule has 2 aromatic carbocycles. The fraction of sp³-hybridized carbons (Fsp3) is 0.393. The number of aromatic nitrogens is 2. The molecule has 0 radical (unpaired) electrons. The molecule has 3 aromatic rings. The number of amides is 1. The summed E-state index contributed by atoms with van der Waals surface area (Å²) in [6.45, 7) is 3.97. The van der Waals surface area contributed by atoms with Crippen LogP contribution >= 0.6 is 11.6 Å². The molecule has 1 aliphatic rings. The van der Waals surface area contributed by atoms with Crippen LogP contribution in [0.4, 0.5) is 5.69 Å². The lowest BCUT2D eigenvalue weighted by Crippen LogP contribution is -2.45. The first-order chi connectivity index (χ1) is 18.6. The Hall–Kier alpha value is -3.60. The standard InChI is InChI=1S/C28H32ClN3O7/c1-28(2,15-33)14-32-20-9-8-17(29)12-19(20)24(18-6-5-7-22(37-3)25(18)38-4)39-23(26(32)34)10-11-31-16-30-13-21(31)27(35)36/h5-9,12-13,16,23-24,33H,10-11,14-15H2,1-4H3,(H,35,36)/t23-,24-/m1/s1. The number of methoxy groups -OCH3 is 2. The van der Waals surface area contributed by atoms with Crippen molar-refractivity contribution < 1.29 is 34.0 Å². The average molecular weight is 558 g/mol. The van der Waals surface area contributed by atoms with Crippen molar-refractivity contribution in [2.75, 3.05) is 32.3 Å². The number of aromatic carboxylic acids is 1. The molecule has 0 fully saturated rings. The summed E-state index contributed by atoms with van der Waals surface area (Å²) in [6.07, 6.45) is 1.08. The molecule has 2 heterocycles. The van der Waals surface area contributed by atoms with Crippen LogP contribution in [0.2, 0.25) is 5.02 Å². The maximum absolute atomic E-state index is 14.1. The molecular formula is C28H32ClN3O7. The molecule has 0 saturated carbocycles. The van der Waals surface area contributed by atoms with Crippen LogP contribution in [-0.2, 0) is 16.1 Å². The maximum Gasteiger partial charge on any atom is 0.354 e. The molecule has 0 unspecified atom stereocenters. The fourth-order valence-electron chi connectivity index (χ4n) is 4.69. The monoisotopic (exact) mass is 557 g/mol. The van der Waals surface area contributed by atoms with Gasteiger partial charge in [-0.15, -0.1) is 0 Å². The van der Waals surface area contributed by atoms with Gasteiger partial charge in [-0.3, -0.25) is 4.79 Å². The number of ether oxygens (including phenoxy) is 3. The highest BCUT2D eigenvalue weighted by Crippen LogP contribution is 2.45. The zero-order valence-corrected chi connectivity index (χ0v) is 23.0. The summed E-state index contributed by atoms with van der Waals surface area (Å²) in [5.74, 6) is -0.486. The third-order valence-electron chi connectivity index (χ3n) is 6.70. The molecule has 10 nitrogen and oxygen atoms in total. The van der Waals surface area contributed by atoms with Gasteiger partial charge in [-0.05, 0) is 24.3 Å². The Morgan fingerprint density at radius 2 is 1.95 bits per heavy atom. The number of carbonyl (C=O) groups excluding carboxylic acids is 1. The van der Waals surface area contributed by atoms with Crippen molar-refractivity contribution in [2.24, 2.45) is 5.41 Å². The Bertz CT molecular complexity index is 1360. The van der Waals surface area contributed by atoms with E-state index in [9.17, 15) is 19.8 Å². The summed E-state index contributed by atoms with van der Waals surface area (Å²) in [4.78, 5) is 31.3. The molecule has 0 aliphatic carbocycles. The topological polar surface area (TPSA) is 123 Å². The van der Waals surface area contributed by atoms with Gasteiger partial charge >= 0.3 is 5.97 Å². The van der Waals surface area contributed by atoms with Gasteiger partial charge in [-0.25, -0.2) is 9.78 Å². The van der Waals surface area contributed by atoms with E-state index in [1.807, 2.05) is 26.0 Å². The second-order valence-electron chi connectivity index (χ2n) is 10.1. The number of nitrogens with zero attached hydrogens (tertiary/aromatic N) is 3. The molecule has 4 rings (SSSR count). The van der Waals surface area contributed by atoms with Crippen LogP contribution in [0.1, 0.15) is 48.0 Å². The minimum Gasteiger partial charge on any atom is -0.493 e. The SMILES string of the molecule is COc1cccc([C@H]2O[C@H](CCn3cncc3C(=O)O)C(=O)N(CC(C)(C)CO)c3ccc(Cl)cc32)c1OC. The van der Waals surface area contributed by atoms with E-state index in [1.54, 1.807) is 29.2 Å². The minimum absolute atomic E-state index is 0.00965. The van der Waals surface area contributed by atoms with Crippen LogP contribution in [0.25, 0.3) is 0 Å². The molecule has 39 heavy (non-hydrogen) atoms. The number of carboxylic acids is 1. The van der Waals surface area contributed by atoms with Crippen molar-refractivity contribution in [3.05, 3.63) is 70.8 Å². The van der Waals surface area contributed by atoms with Crippen molar-refractivity contribution in [1.82, 2.24) is 9.55 Å². The summed E-state index contributed by atoms with van der Waals surface area (Å²) >= 11 is 6.45. The number of aliphatic hydroxyl groups excluding tert-OH is 1. The number of carbonyl (C=O) groups is 2. The summed E-state index contributed by atoms with van der Waals surface area (Å²) in [5.41, 5.74) is 1.26. The van der Waals surface area contributed by atoms with Crippen molar-refractivity contribution in [1.29, 1.82) is 0 Å². The fourth-order valence-corrected chi connectivity index (χ4v) is 4.88. The zero-order chi connectivity index (χ0) is 28.3. The zero-order valence-electron chi connectivity index (χ0n) is 22.3.